The number of nitrogens with two attached hydrogens (primary N) is 1. The van der Waals surface area contributed by atoms with Crippen LogP contribution in [0.25, 0.3) is 0 Å². The lowest BCUT2D eigenvalue weighted by atomic mass is 9.92. The van der Waals surface area contributed by atoms with Crippen LogP contribution < -0.4 is 5.73 Å². The molecule has 3 unspecified atom stereocenters. The second-order valence-corrected chi connectivity index (χ2v) is 5.51. The van der Waals surface area contributed by atoms with E-state index < -0.39 is 0 Å². The molecule has 3 atom stereocenters. The van der Waals surface area contributed by atoms with Gasteiger partial charge in [-0.15, -0.1) is 0 Å². The maximum absolute atomic E-state index is 13.4. The molecule has 0 spiro atoms. The van der Waals surface area contributed by atoms with Crippen molar-refractivity contribution < 1.29 is 9.13 Å². The molecule has 1 fully saturated rings. The second kappa shape index (κ2) is 5.46. The van der Waals surface area contributed by atoms with Crippen molar-refractivity contribution in [2.75, 3.05) is 6.61 Å². The van der Waals surface area contributed by atoms with Crippen LogP contribution in [0.1, 0.15) is 18.9 Å². The van der Waals surface area contributed by atoms with E-state index in [2.05, 4.69) is 22.9 Å². The van der Waals surface area contributed by atoms with Crippen LogP contribution in [0.5, 0.6) is 0 Å². The smallest absolute Gasteiger partial charge is 0.137 e. The second-order valence-electron chi connectivity index (χ2n) is 4.72. The Morgan fingerprint density at radius 3 is 3.00 bits per heavy atom. The molecule has 4 heteroatoms. The lowest BCUT2D eigenvalue weighted by molar-refractivity contribution is 0.118. The predicted octanol–water partition coefficient (Wildman–Crippen LogP) is 2.88. The highest BCUT2D eigenvalue weighted by Crippen LogP contribution is 2.26. The van der Waals surface area contributed by atoms with Gasteiger partial charge in [-0.2, -0.15) is 0 Å². The summed E-state index contributed by atoms with van der Waals surface area (Å²) in [5.74, 6) is 0.144. The zero-order valence-electron chi connectivity index (χ0n) is 9.83. The van der Waals surface area contributed by atoms with E-state index in [0.717, 1.165) is 18.6 Å². The number of hydrogen-bond acceptors (Lipinski definition) is 2. The van der Waals surface area contributed by atoms with Gasteiger partial charge in [0.2, 0.25) is 0 Å². The first-order chi connectivity index (χ1) is 8.08. The minimum absolute atomic E-state index is 0.0260. The van der Waals surface area contributed by atoms with Crippen molar-refractivity contribution >= 4 is 15.9 Å². The molecule has 2 nitrogen and oxygen atoms in total. The Bertz CT molecular complexity index is 399. The molecule has 17 heavy (non-hydrogen) atoms. The van der Waals surface area contributed by atoms with E-state index in [1.54, 1.807) is 6.07 Å². The fourth-order valence-corrected chi connectivity index (χ4v) is 2.70. The molecule has 0 aromatic heterocycles. The molecular formula is C13H17BrFNO. The average molecular weight is 302 g/mol. The summed E-state index contributed by atoms with van der Waals surface area (Å²) in [6.45, 7) is 2.78. The number of benzene rings is 1. The summed E-state index contributed by atoms with van der Waals surface area (Å²) in [4.78, 5) is 0. The summed E-state index contributed by atoms with van der Waals surface area (Å²) in [6, 6.07) is 5.10. The molecule has 2 rings (SSSR count). The highest BCUT2D eigenvalue weighted by atomic mass is 79.9. The highest BCUT2D eigenvalue weighted by Gasteiger charge is 2.27. The van der Waals surface area contributed by atoms with Gasteiger partial charge in [-0.3, -0.25) is 0 Å². The first-order valence-corrected chi connectivity index (χ1v) is 6.67. The van der Waals surface area contributed by atoms with Crippen LogP contribution in [-0.4, -0.2) is 18.8 Å². The van der Waals surface area contributed by atoms with Crippen molar-refractivity contribution in [3.63, 3.8) is 0 Å². The Labute approximate surface area is 109 Å². The third-order valence-corrected chi connectivity index (χ3v) is 4.21. The Balaban J connectivity index is 2.03. The highest BCUT2D eigenvalue weighted by molar-refractivity contribution is 9.10. The maximum Gasteiger partial charge on any atom is 0.137 e. The SMILES string of the molecule is CC1CC(C(N)Cc2cccc(F)c2Br)CO1. The molecule has 1 aliphatic heterocycles. The van der Waals surface area contributed by atoms with Gasteiger partial charge < -0.3 is 10.5 Å². The maximum atomic E-state index is 13.4. The van der Waals surface area contributed by atoms with Gasteiger partial charge >= 0.3 is 0 Å². The van der Waals surface area contributed by atoms with E-state index in [4.69, 9.17) is 10.5 Å². The largest absolute Gasteiger partial charge is 0.378 e. The number of rotatable bonds is 3. The van der Waals surface area contributed by atoms with Crippen molar-refractivity contribution in [3.8, 4) is 0 Å². The standard InChI is InChI=1S/C13H17BrFNO/c1-8-5-10(7-17-8)12(16)6-9-3-2-4-11(15)13(9)14/h2-4,8,10,12H,5-7,16H2,1H3. The van der Waals surface area contributed by atoms with E-state index in [1.165, 1.54) is 6.07 Å². The molecule has 1 aliphatic rings. The lowest BCUT2D eigenvalue weighted by Gasteiger charge is -2.18. The van der Waals surface area contributed by atoms with Gasteiger partial charge in [0.15, 0.2) is 0 Å². The molecular weight excluding hydrogens is 285 g/mol. The van der Waals surface area contributed by atoms with Crippen molar-refractivity contribution in [1.29, 1.82) is 0 Å². The van der Waals surface area contributed by atoms with Crippen molar-refractivity contribution in [2.45, 2.75) is 31.9 Å². The van der Waals surface area contributed by atoms with E-state index in [0.29, 0.717) is 22.9 Å². The van der Waals surface area contributed by atoms with Gasteiger partial charge in [-0.25, -0.2) is 4.39 Å². The summed E-state index contributed by atoms with van der Waals surface area (Å²) in [7, 11) is 0. The molecule has 0 aliphatic carbocycles. The zero-order chi connectivity index (χ0) is 12.4. The number of halogens is 2. The fourth-order valence-electron chi connectivity index (χ4n) is 2.28. The zero-order valence-corrected chi connectivity index (χ0v) is 11.4. The van der Waals surface area contributed by atoms with Gasteiger partial charge in [0.25, 0.3) is 0 Å². The summed E-state index contributed by atoms with van der Waals surface area (Å²) >= 11 is 3.27. The van der Waals surface area contributed by atoms with E-state index >= 15 is 0 Å². The van der Waals surface area contributed by atoms with Crippen LogP contribution in [0.2, 0.25) is 0 Å². The lowest BCUT2D eigenvalue weighted by Crippen LogP contribution is -2.32. The van der Waals surface area contributed by atoms with E-state index in [9.17, 15) is 4.39 Å². The monoisotopic (exact) mass is 301 g/mol. The molecule has 0 saturated carbocycles. The van der Waals surface area contributed by atoms with Gasteiger partial charge in [-0.1, -0.05) is 12.1 Å². The Morgan fingerprint density at radius 1 is 1.59 bits per heavy atom. The summed E-state index contributed by atoms with van der Waals surface area (Å²) < 4.78 is 19.4. The predicted molar refractivity (Wildman–Crippen MR) is 69.3 cm³/mol. The Morgan fingerprint density at radius 2 is 2.35 bits per heavy atom. The van der Waals surface area contributed by atoms with Crippen LogP contribution in [0.3, 0.4) is 0 Å². The fraction of sp³-hybridized carbons (Fsp3) is 0.538. The third-order valence-electron chi connectivity index (χ3n) is 3.32. The molecule has 1 saturated heterocycles. The Kier molecular flexibility index (Phi) is 4.17. The topological polar surface area (TPSA) is 35.2 Å². The van der Waals surface area contributed by atoms with Crippen LogP contribution in [0.15, 0.2) is 22.7 Å². The van der Waals surface area contributed by atoms with Gasteiger partial charge in [0.1, 0.15) is 5.82 Å². The van der Waals surface area contributed by atoms with Crippen LogP contribution in [-0.2, 0) is 11.2 Å². The molecule has 94 valence electrons. The van der Waals surface area contributed by atoms with E-state index in [1.807, 2.05) is 6.07 Å². The molecule has 1 heterocycles. The third kappa shape index (κ3) is 3.06. The molecule has 1 aromatic carbocycles. The van der Waals surface area contributed by atoms with Crippen LogP contribution >= 0.6 is 15.9 Å². The molecule has 0 bridgehead atoms. The molecule has 0 radical (unpaired) electrons. The quantitative estimate of drug-likeness (QED) is 0.932. The summed E-state index contributed by atoms with van der Waals surface area (Å²) in [6.07, 6.45) is 1.97. The minimum Gasteiger partial charge on any atom is -0.378 e. The summed E-state index contributed by atoms with van der Waals surface area (Å²) in [5, 5.41) is 0. The Hall–Kier alpha value is -0.450. The van der Waals surface area contributed by atoms with Gasteiger partial charge in [0.05, 0.1) is 17.2 Å². The first kappa shape index (κ1) is 13.0. The van der Waals surface area contributed by atoms with E-state index in [-0.39, 0.29) is 11.9 Å². The molecule has 2 N–H and O–H groups in total. The van der Waals surface area contributed by atoms with Crippen molar-refractivity contribution in [1.82, 2.24) is 0 Å². The minimum atomic E-state index is -0.231. The normalized spacial score (nSPS) is 26.1. The number of ether oxygens (including phenoxy) is 1. The van der Waals surface area contributed by atoms with Crippen molar-refractivity contribution in [3.05, 3.63) is 34.1 Å². The van der Waals surface area contributed by atoms with Gasteiger partial charge in [0, 0.05) is 12.0 Å². The molecule has 0 amide bonds. The first-order valence-electron chi connectivity index (χ1n) is 5.88. The molecule has 1 aromatic rings. The van der Waals surface area contributed by atoms with Gasteiger partial charge in [-0.05, 0) is 47.3 Å². The summed E-state index contributed by atoms with van der Waals surface area (Å²) in [5.41, 5.74) is 7.10. The average Bonchev–Trinajstić information content (AvgIpc) is 2.72. The van der Waals surface area contributed by atoms with Crippen LogP contribution in [0, 0.1) is 11.7 Å². The van der Waals surface area contributed by atoms with Crippen molar-refractivity contribution in [2.24, 2.45) is 11.7 Å². The number of hydrogen-bond donors (Lipinski definition) is 1. The van der Waals surface area contributed by atoms with Crippen LogP contribution in [0.4, 0.5) is 4.39 Å².